The van der Waals surface area contributed by atoms with E-state index in [0.717, 1.165) is 24.3 Å². The van der Waals surface area contributed by atoms with E-state index in [0.29, 0.717) is 25.4 Å². The summed E-state index contributed by atoms with van der Waals surface area (Å²) < 4.78 is 16.1. The molecular weight excluding hydrogens is 244 g/mol. The van der Waals surface area contributed by atoms with Gasteiger partial charge in [0.05, 0.1) is 26.9 Å². The summed E-state index contributed by atoms with van der Waals surface area (Å²) in [4.78, 5) is 11.3. The molecule has 0 aliphatic rings. The van der Waals surface area contributed by atoms with Gasteiger partial charge in [-0.25, -0.2) is 0 Å². The lowest BCUT2D eigenvalue weighted by Gasteiger charge is -2.10. The van der Waals surface area contributed by atoms with Gasteiger partial charge in [0, 0.05) is 17.7 Å². The highest BCUT2D eigenvalue weighted by atomic mass is 16.5. The average Bonchev–Trinajstić information content (AvgIpc) is 2.42. The van der Waals surface area contributed by atoms with Gasteiger partial charge in [0.1, 0.15) is 5.75 Å². The Morgan fingerprint density at radius 2 is 1.89 bits per heavy atom. The number of ether oxygens (including phenoxy) is 3. The highest BCUT2D eigenvalue weighted by Crippen LogP contribution is 2.21. The Balaban J connectivity index is 2.50. The Labute approximate surface area is 114 Å². The maximum atomic E-state index is 11.3. The predicted octanol–water partition coefficient (Wildman–Crippen LogP) is 2.84. The molecule has 0 fully saturated rings. The van der Waals surface area contributed by atoms with Gasteiger partial charge in [-0.05, 0) is 31.5 Å². The largest absolute Gasteiger partial charge is 0.496 e. The van der Waals surface area contributed by atoms with Crippen molar-refractivity contribution in [3.63, 3.8) is 0 Å². The van der Waals surface area contributed by atoms with E-state index in [9.17, 15) is 4.79 Å². The number of ketones is 1. The van der Waals surface area contributed by atoms with E-state index < -0.39 is 0 Å². The molecule has 19 heavy (non-hydrogen) atoms. The molecule has 0 radical (unpaired) electrons. The molecule has 0 aliphatic carbocycles. The molecule has 0 bridgehead atoms. The molecular formula is C15H22O4. The summed E-state index contributed by atoms with van der Waals surface area (Å²) in [5.74, 6) is 0.773. The van der Waals surface area contributed by atoms with Crippen molar-refractivity contribution >= 4 is 5.78 Å². The Hall–Kier alpha value is -1.39. The molecule has 0 aliphatic heterocycles. The zero-order valence-corrected chi connectivity index (χ0v) is 11.9. The van der Waals surface area contributed by atoms with Crippen LogP contribution in [-0.2, 0) is 16.1 Å². The molecule has 0 amide bonds. The Bertz CT molecular complexity index is 401. The predicted molar refractivity (Wildman–Crippen MR) is 73.8 cm³/mol. The molecule has 0 aromatic heterocycles. The van der Waals surface area contributed by atoms with E-state index in [2.05, 4.69) is 6.92 Å². The molecule has 0 saturated carbocycles. The number of carbonyl (C=O) groups is 1. The van der Waals surface area contributed by atoms with E-state index in [1.165, 1.54) is 0 Å². The number of methoxy groups -OCH3 is 1. The van der Waals surface area contributed by atoms with Crippen LogP contribution in [0.1, 0.15) is 36.2 Å². The molecule has 0 spiro atoms. The van der Waals surface area contributed by atoms with Gasteiger partial charge in [0.25, 0.3) is 0 Å². The summed E-state index contributed by atoms with van der Waals surface area (Å²) in [7, 11) is 1.61. The van der Waals surface area contributed by atoms with Crippen molar-refractivity contribution in [2.75, 3.05) is 26.9 Å². The minimum Gasteiger partial charge on any atom is -0.496 e. The summed E-state index contributed by atoms with van der Waals surface area (Å²) in [6.45, 7) is 5.91. The summed E-state index contributed by atoms with van der Waals surface area (Å²) >= 11 is 0. The second-order valence-electron chi connectivity index (χ2n) is 4.25. The van der Waals surface area contributed by atoms with Gasteiger partial charge in [-0.15, -0.1) is 0 Å². The van der Waals surface area contributed by atoms with Crippen molar-refractivity contribution < 1.29 is 19.0 Å². The van der Waals surface area contributed by atoms with E-state index in [4.69, 9.17) is 14.2 Å². The SMILES string of the molecule is CCCOCCOCc1cc(C(C)=O)ccc1OC. The van der Waals surface area contributed by atoms with Gasteiger partial charge >= 0.3 is 0 Å². The van der Waals surface area contributed by atoms with Crippen LogP contribution in [-0.4, -0.2) is 32.7 Å². The van der Waals surface area contributed by atoms with Crippen LogP contribution >= 0.6 is 0 Å². The molecule has 0 unspecified atom stereocenters. The minimum absolute atomic E-state index is 0.0372. The summed E-state index contributed by atoms with van der Waals surface area (Å²) in [6, 6.07) is 5.37. The molecule has 1 aromatic rings. The van der Waals surface area contributed by atoms with Crippen molar-refractivity contribution in [2.24, 2.45) is 0 Å². The normalized spacial score (nSPS) is 10.5. The third-order valence-electron chi connectivity index (χ3n) is 2.66. The van der Waals surface area contributed by atoms with Crippen LogP contribution in [0, 0.1) is 0 Å². The standard InChI is InChI=1S/C15H22O4/c1-4-7-18-8-9-19-11-14-10-13(12(2)16)5-6-15(14)17-3/h5-6,10H,4,7-9,11H2,1-3H3. The van der Waals surface area contributed by atoms with Crippen LogP contribution in [0.5, 0.6) is 5.75 Å². The molecule has 0 N–H and O–H groups in total. The van der Waals surface area contributed by atoms with Crippen LogP contribution in [0.2, 0.25) is 0 Å². The van der Waals surface area contributed by atoms with Crippen LogP contribution in [0.4, 0.5) is 0 Å². The fourth-order valence-corrected chi connectivity index (χ4v) is 1.66. The smallest absolute Gasteiger partial charge is 0.159 e. The van der Waals surface area contributed by atoms with E-state index in [1.54, 1.807) is 26.2 Å². The molecule has 4 nitrogen and oxygen atoms in total. The van der Waals surface area contributed by atoms with Crippen molar-refractivity contribution in [3.05, 3.63) is 29.3 Å². The number of hydrogen-bond donors (Lipinski definition) is 0. The maximum absolute atomic E-state index is 11.3. The van der Waals surface area contributed by atoms with E-state index >= 15 is 0 Å². The third-order valence-corrected chi connectivity index (χ3v) is 2.66. The number of carbonyl (C=O) groups excluding carboxylic acids is 1. The molecule has 1 rings (SSSR count). The van der Waals surface area contributed by atoms with E-state index in [1.807, 2.05) is 6.07 Å². The fourth-order valence-electron chi connectivity index (χ4n) is 1.66. The Morgan fingerprint density at radius 3 is 2.53 bits per heavy atom. The van der Waals surface area contributed by atoms with Crippen molar-refractivity contribution in [1.82, 2.24) is 0 Å². The first-order chi connectivity index (χ1) is 9.19. The lowest BCUT2D eigenvalue weighted by Crippen LogP contribution is -2.06. The highest BCUT2D eigenvalue weighted by Gasteiger charge is 2.07. The van der Waals surface area contributed by atoms with Gasteiger partial charge in [-0.2, -0.15) is 0 Å². The molecule has 4 heteroatoms. The zero-order chi connectivity index (χ0) is 14.1. The Morgan fingerprint density at radius 1 is 1.16 bits per heavy atom. The van der Waals surface area contributed by atoms with Crippen LogP contribution < -0.4 is 4.74 Å². The second-order valence-corrected chi connectivity index (χ2v) is 4.25. The summed E-state index contributed by atoms with van der Waals surface area (Å²) in [5.41, 5.74) is 1.55. The quantitative estimate of drug-likeness (QED) is 0.509. The summed E-state index contributed by atoms with van der Waals surface area (Å²) in [6.07, 6.45) is 1.01. The number of benzene rings is 1. The Kier molecular flexibility index (Phi) is 7.15. The van der Waals surface area contributed by atoms with Crippen LogP contribution in [0.25, 0.3) is 0 Å². The first kappa shape index (κ1) is 15.7. The second kappa shape index (κ2) is 8.67. The molecule has 106 valence electrons. The first-order valence-electron chi connectivity index (χ1n) is 6.52. The van der Waals surface area contributed by atoms with Crippen molar-refractivity contribution in [3.8, 4) is 5.75 Å². The summed E-state index contributed by atoms with van der Waals surface area (Å²) in [5, 5.41) is 0. The maximum Gasteiger partial charge on any atom is 0.159 e. The van der Waals surface area contributed by atoms with Crippen LogP contribution in [0.15, 0.2) is 18.2 Å². The van der Waals surface area contributed by atoms with Crippen molar-refractivity contribution in [2.45, 2.75) is 26.9 Å². The first-order valence-corrected chi connectivity index (χ1v) is 6.52. The molecule has 0 saturated heterocycles. The number of Topliss-reactive ketones (excluding diaryl/α,β-unsaturated/α-hetero) is 1. The lowest BCUT2D eigenvalue weighted by atomic mass is 10.1. The fraction of sp³-hybridized carbons (Fsp3) is 0.533. The molecule has 0 atom stereocenters. The third kappa shape index (κ3) is 5.41. The van der Waals surface area contributed by atoms with E-state index in [-0.39, 0.29) is 5.78 Å². The van der Waals surface area contributed by atoms with Crippen molar-refractivity contribution in [1.29, 1.82) is 0 Å². The molecule has 0 heterocycles. The van der Waals surface area contributed by atoms with Gasteiger partial charge in [0.15, 0.2) is 5.78 Å². The van der Waals surface area contributed by atoms with Gasteiger partial charge in [0.2, 0.25) is 0 Å². The van der Waals surface area contributed by atoms with Gasteiger partial charge in [-0.1, -0.05) is 6.92 Å². The zero-order valence-electron chi connectivity index (χ0n) is 11.9. The average molecular weight is 266 g/mol. The monoisotopic (exact) mass is 266 g/mol. The molecule has 1 aromatic carbocycles. The van der Waals surface area contributed by atoms with Gasteiger partial charge in [-0.3, -0.25) is 4.79 Å². The topological polar surface area (TPSA) is 44.8 Å². The highest BCUT2D eigenvalue weighted by molar-refractivity contribution is 5.94. The number of hydrogen-bond acceptors (Lipinski definition) is 4. The minimum atomic E-state index is 0.0372. The van der Waals surface area contributed by atoms with Gasteiger partial charge < -0.3 is 14.2 Å². The lowest BCUT2D eigenvalue weighted by molar-refractivity contribution is 0.0402. The van der Waals surface area contributed by atoms with Crippen LogP contribution in [0.3, 0.4) is 0 Å². The number of rotatable bonds is 9.